The molecule has 3 rings (SSSR count). The van der Waals surface area contributed by atoms with Crippen molar-refractivity contribution in [1.82, 2.24) is 19.7 Å². The molecule has 3 aromatic rings. The van der Waals surface area contributed by atoms with E-state index >= 15 is 0 Å². The Hall–Kier alpha value is -1.79. The van der Waals surface area contributed by atoms with Crippen LogP contribution in [-0.2, 0) is 13.0 Å². The fourth-order valence-corrected chi connectivity index (χ4v) is 2.45. The van der Waals surface area contributed by atoms with Gasteiger partial charge in [-0.2, -0.15) is 0 Å². The average molecular weight is 349 g/mol. The fourth-order valence-electron chi connectivity index (χ4n) is 2.15. The Labute approximate surface area is 130 Å². The molecule has 0 atom stereocenters. The molecule has 0 amide bonds. The summed E-state index contributed by atoms with van der Waals surface area (Å²) in [6.07, 6.45) is 6.34. The van der Waals surface area contributed by atoms with Gasteiger partial charge in [0.15, 0.2) is 5.65 Å². The maximum absolute atomic E-state index is 12.8. The van der Waals surface area contributed by atoms with Crippen LogP contribution in [0, 0.1) is 5.82 Å². The van der Waals surface area contributed by atoms with E-state index in [1.54, 1.807) is 6.20 Å². The first-order valence-corrected chi connectivity index (χ1v) is 7.44. The van der Waals surface area contributed by atoms with Crippen LogP contribution in [0.3, 0.4) is 0 Å². The molecular formula is C15H14BrFN4. The number of benzene rings is 1. The Bertz CT molecular complexity index is 739. The van der Waals surface area contributed by atoms with Gasteiger partial charge in [0.05, 0.1) is 18.1 Å². The van der Waals surface area contributed by atoms with Crippen LogP contribution in [0.2, 0.25) is 0 Å². The zero-order valence-electron chi connectivity index (χ0n) is 11.3. The summed E-state index contributed by atoms with van der Waals surface area (Å²) in [6, 6.07) is 6.61. The minimum atomic E-state index is -0.198. The molecule has 0 unspecified atom stereocenters. The summed E-state index contributed by atoms with van der Waals surface area (Å²) in [5.74, 6) is -0.198. The molecule has 0 bridgehead atoms. The maximum atomic E-state index is 12.8. The van der Waals surface area contributed by atoms with Crippen LogP contribution in [0.25, 0.3) is 5.65 Å². The summed E-state index contributed by atoms with van der Waals surface area (Å²) in [5, 5.41) is 3.37. The van der Waals surface area contributed by atoms with E-state index in [1.165, 1.54) is 12.1 Å². The topological polar surface area (TPSA) is 42.2 Å². The van der Waals surface area contributed by atoms with Crippen molar-refractivity contribution in [2.45, 2.75) is 13.0 Å². The molecule has 2 aromatic heterocycles. The molecule has 6 heteroatoms. The van der Waals surface area contributed by atoms with Gasteiger partial charge in [-0.3, -0.25) is 4.40 Å². The van der Waals surface area contributed by atoms with Crippen molar-refractivity contribution in [2.75, 3.05) is 6.54 Å². The van der Waals surface area contributed by atoms with E-state index < -0.39 is 0 Å². The van der Waals surface area contributed by atoms with Crippen LogP contribution in [0.15, 0.2) is 47.5 Å². The van der Waals surface area contributed by atoms with Gasteiger partial charge in [-0.1, -0.05) is 12.1 Å². The first-order valence-electron chi connectivity index (χ1n) is 6.65. The third-order valence-corrected chi connectivity index (χ3v) is 3.66. The molecule has 0 saturated carbocycles. The lowest BCUT2D eigenvalue weighted by Crippen LogP contribution is -2.17. The number of rotatable bonds is 5. The van der Waals surface area contributed by atoms with E-state index in [9.17, 15) is 4.39 Å². The number of hydrogen-bond donors (Lipinski definition) is 1. The van der Waals surface area contributed by atoms with E-state index in [1.807, 2.05) is 28.9 Å². The SMILES string of the molecule is Fc1ccc(CCNCc2cnc3cnc(Br)cn23)cc1. The van der Waals surface area contributed by atoms with E-state index in [0.717, 1.165) is 41.0 Å². The summed E-state index contributed by atoms with van der Waals surface area (Å²) < 4.78 is 15.6. The van der Waals surface area contributed by atoms with Gasteiger partial charge in [-0.05, 0) is 46.6 Å². The quantitative estimate of drug-likeness (QED) is 0.720. The second kappa shape index (κ2) is 6.32. The van der Waals surface area contributed by atoms with Crippen molar-refractivity contribution in [3.63, 3.8) is 0 Å². The van der Waals surface area contributed by atoms with Gasteiger partial charge < -0.3 is 5.32 Å². The molecule has 0 aliphatic heterocycles. The lowest BCUT2D eigenvalue weighted by molar-refractivity contribution is 0.625. The summed E-state index contributed by atoms with van der Waals surface area (Å²) in [4.78, 5) is 8.45. The molecule has 0 saturated heterocycles. The largest absolute Gasteiger partial charge is 0.311 e. The van der Waals surface area contributed by atoms with Gasteiger partial charge in [0.2, 0.25) is 0 Å². The van der Waals surface area contributed by atoms with Gasteiger partial charge in [0.1, 0.15) is 10.4 Å². The van der Waals surface area contributed by atoms with E-state index in [0.29, 0.717) is 0 Å². The Morgan fingerprint density at radius 1 is 1.14 bits per heavy atom. The normalized spacial score (nSPS) is 11.1. The van der Waals surface area contributed by atoms with E-state index in [-0.39, 0.29) is 5.82 Å². The second-order valence-electron chi connectivity index (χ2n) is 4.74. The summed E-state index contributed by atoms with van der Waals surface area (Å²) in [7, 11) is 0. The highest BCUT2D eigenvalue weighted by atomic mass is 79.9. The molecule has 21 heavy (non-hydrogen) atoms. The Morgan fingerprint density at radius 2 is 1.95 bits per heavy atom. The Kier molecular flexibility index (Phi) is 4.26. The first kappa shape index (κ1) is 14.2. The van der Waals surface area contributed by atoms with Crippen LogP contribution in [0.5, 0.6) is 0 Å². The minimum absolute atomic E-state index is 0.198. The third-order valence-electron chi connectivity index (χ3n) is 3.25. The van der Waals surface area contributed by atoms with Crippen LogP contribution >= 0.6 is 15.9 Å². The lowest BCUT2D eigenvalue weighted by atomic mass is 10.1. The number of nitrogens with one attached hydrogen (secondary N) is 1. The summed E-state index contributed by atoms with van der Waals surface area (Å²) in [5.41, 5.74) is 3.02. The highest BCUT2D eigenvalue weighted by molar-refractivity contribution is 9.10. The molecule has 0 aliphatic rings. The molecular weight excluding hydrogens is 335 g/mol. The number of halogens is 2. The van der Waals surface area contributed by atoms with Gasteiger partial charge in [-0.25, -0.2) is 14.4 Å². The summed E-state index contributed by atoms with van der Waals surface area (Å²) >= 11 is 3.36. The second-order valence-corrected chi connectivity index (χ2v) is 5.55. The lowest BCUT2D eigenvalue weighted by Gasteiger charge is -2.05. The van der Waals surface area contributed by atoms with Crippen molar-refractivity contribution in [3.05, 3.63) is 64.5 Å². The zero-order chi connectivity index (χ0) is 14.7. The van der Waals surface area contributed by atoms with Crippen LogP contribution in [0.1, 0.15) is 11.3 Å². The Morgan fingerprint density at radius 3 is 2.76 bits per heavy atom. The highest BCUT2D eigenvalue weighted by Gasteiger charge is 2.03. The van der Waals surface area contributed by atoms with Crippen molar-refractivity contribution in [2.24, 2.45) is 0 Å². The minimum Gasteiger partial charge on any atom is -0.311 e. The fraction of sp³-hybridized carbons (Fsp3) is 0.200. The van der Waals surface area contributed by atoms with Crippen molar-refractivity contribution in [1.29, 1.82) is 0 Å². The average Bonchev–Trinajstić information content (AvgIpc) is 2.88. The van der Waals surface area contributed by atoms with E-state index in [4.69, 9.17) is 0 Å². The molecule has 0 spiro atoms. The van der Waals surface area contributed by atoms with Crippen LogP contribution < -0.4 is 5.32 Å². The highest BCUT2D eigenvalue weighted by Crippen LogP contribution is 2.10. The number of nitrogens with zero attached hydrogens (tertiary/aromatic N) is 3. The number of fused-ring (bicyclic) bond motifs is 1. The van der Waals surface area contributed by atoms with Gasteiger partial charge in [0, 0.05) is 12.7 Å². The van der Waals surface area contributed by atoms with Gasteiger partial charge >= 0.3 is 0 Å². The molecule has 0 radical (unpaired) electrons. The summed E-state index contributed by atoms with van der Waals surface area (Å²) in [6.45, 7) is 1.55. The van der Waals surface area contributed by atoms with Crippen LogP contribution in [0.4, 0.5) is 4.39 Å². The molecule has 4 nitrogen and oxygen atoms in total. The number of imidazole rings is 1. The number of hydrogen-bond acceptors (Lipinski definition) is 3. The predicted octanol–water partition coefficient (Wildman–Crippen LogP) is 2.96. The molecule has 0 aliphatic carbocycles. The van der Waals surface area contributed by atoms with Crippen molar-refractivity contribution < 1.29 is 4.39 Å². The zero-order valence-corrected chi connectivity index (χ0v) is 12.8. The van der Waals surface area contributed by atoms with Crippen LogP contribution in [-0.4, -0.2) is 20.9 Å². The molecule has 1 N–H and O–H groups in total. The molecule has 108 valence electrons. The smallest absolute Gasteiger partial charge is 0.155 e. The predicted molar refractivity (Wildman–Crippen MR) is 82.5 cm³/mol. The van der Waals surface area contributed by atoms with Crippen molar-refractivity contribution in [3.8, 4) is 0 Å². The van der Waals surface area contributed by atoms with Gasteiger partial charge in [0.25, 0.3) is 0 Å². The third kappa shape index (κ3) is 3.46. The monoisotopic (exact) mass is 348 g/mol. The first-order chi connectivity index (χ1) is 10.2. The Balaban J connectivity index is 1.57. The van der Waals surface area contributed by atoms with E-state index in [2.05, 4.69) is 31.2 Å². The van der Waals surface area contributed by atoms with Gasteiger partial charge in [-0.15, -0.1) is 0 Å². The van der Waals surface area contributed by atoms with Crippen molar-refractivity contribution >= 4 is 21.6 Å². The number of aromatic nitrogens is 3. The maximum Gasteiger partial charge on any atom is 0.155 e. The molecule has 1 aromatic carbocycles. The standard InChI is InChI=1S/C15H14BrFN4/c16-14-10-21-13(8-20-15(21)9-19-14)7-18-6-5-11-1-3-12(17)4-2-11/h1-4,8-10,18H,5-7H2. The molecule has 2 heterocycles. The molecule has 0 fully saturated rings.